The molecule has 0 aliphatic heterocycles. The number of nitrogens with zero attached hydrogens (tertiary/aromatic N) is 3. The number of carbonyl (C=O) groups is 1. The number of aryl methyl sites for hydroxylation is 2. The zero-order valence-electron chi connectivity index (χ0n) is 15.4. The van der Waals surface area contributed by atoms with Gasteiger partial charge in [0.25, 0.3) is 11.4 Å². The fourth-order valence-electron chi connectivity index (χ4n) is 3.43. The number of nitro benzene ring substituents is 2. The van der Waals surface area contributed by atoms with Gasteiger partial charge in [0.1, 0.15) is 0 Å². The SMILES string of the molecule is CCc1c(C)[nH]c2c1/C(=N/OC(=O)c1cc([N+](=O)[O-])cc([N+](=O)[O-])c1)CCC2. The van der Waals surface area contributed by atoms with Crippen LogP contribution in [0.2, 0.25) is 0 Å². The molecule has 0 unspecified atom stereocenters. The molecule has 1 aliphatic rings. The topological polar surface area (TPSA) is 141 Å². The summed E-state index contributed by atoms with van der Waals surface area (Å²) in [5, 5.41) is 25.9. The Morgan fingerprint density at radius 1 is 1.18 bits per heavy atom. The van der Waals surface area contributed by atoms with Gasteiger partial charge in [-0.15, -0.1) is 0 Å². The number of non-ortho nitro benzene ring substituents is 2. The molecule has 0 saturated carbocycles. The van der Waals surface area contributed by atoms with Gasteiger partial charge in [-0.25, -0.2) is 4.79 Å². The summed E-state index contributed by atoms with van der Waals surface area (Å²) >= 11 is 0. The average molecular weight is 386 g/mol. The van der Waals surface area contributed by atoms with Crippen molar-refractivity contribution in [3.8, 4) is 0 Å². The summed E-state index contributed by atoms with van der Waals surface area (Å²) in [5.41, 5.74) is 3.33. The van der Waals surface area contributed by atoms with E-state index in [2.05, 4.69) is 10.1 Å². The van der Waals surface area contributed by atoms with Gasteiger partial charge in [-0.3, -0.25) is 20.2 Å². The largest absolute Gasteiger partial charge is 0.366 e. The molecule has 2 aromatic rings. The van der Waals surface area contributed by atoms with Crippen molar-refractivity contribution in [2.45, 2.75) is 39.5 Å². The lowest BCUT2D eigenvalue weighted by Crippen LogP contribution is -2.14. The van der Waals surface area contributed by atoms with Gasteiger partial charge in [0, 0.05) is 29.1 Å². The maximum atomic E-state index is 12.3. The predicted molar refractivity (Wildman–Crippen MR) is 99.5 cm³/mol. The molecular weight excluding hydrogens is 368 g/mol. The summed E-state index contributed by atoms with van der Waals surface area (Å²) in [7, 11) is 0. The Balaban J connectivity index is 1.91. The van der Waals surface area contributed by atoms with Crippen LogP contribution in [-0.2, 0) is 17.7 Å². The number of hydrogen-bond acceptors (Lipinski definition) is 7. The number of aromatic nitrogens is 1. The minimum Gasteiger partial charge on any atom is -0.362 e. The molecule has 1 heterocycles. The second kappa shape index (κ2) is 7.59. The van der Waals surface area contributed by atoms with E-state index in [0.717, 1.165) is 60.0 Å². The van der Waals surface area contributed by atoms with E-state index >= 15 is 0 Å². The summed E-state index contributed by atoms with van der Waals surface area (Å²) in [5.74, 6) is -0.989. The first-order chi connectivity index (χ1) is 13.3. The monoisotopic (exact) mass is 386 g/mol. The molecule has 3 rings (SSSR count). The van der Waals surface area contributed by atoms with Gasteiger partial charge >= 0.3 is 5.97 Å². The van der Waals surface area contributed by atoms with Crippen molar-refractivity contribution in [1.29, 1.82) is 0 Å². The molecule has 10 heteroatoms. The van der Waals surface area contributed by atoms with Crippen molar-refractivity contribution >= 4 is 23.1 Å². The Labute approximate surface area is 159 Å². The number of rotatable bonds is 5. The van der Waals surface area contributed by atoms with Crippen LogP contribution < -0.4 is 0 Å². The molecule has 1 aromatic carbocycles. The lowest BCUT2D eigenvalue weighted by atomic mass is 9.92. The number of aromatic amines is 1. The van der Waals surface area contributed by atoms with Gasteiger partial charge in [0.15, 0.2) is 0 Å². The zero-order chi connectivity index (χ0) is 20.4. The summed E-state index contributed by atoms with van der Waals surface area (Å²) in [6, 6.07) is 2.64. The molecule has 0 atom stereocenters. The summed E-state index contributed by atoms with van der Waals surface area (Å²) < 4.78 is 0. The van der Waals surface area contributed by atoms with E-state index in [1.807, 2.05) is 13.8 Å². The third kappa shape index (κ3) is 3.61. The number of nitro groups is 2. The van der Waals surface area contributed by atoms with Crippen LogP contribution in [-0.4, -0.2) is 26.5 Å². The van der Waals surface area contributed by atoms with Crippen LogP contribution in [0.1, 0.15) is 52.6 Å². The van der Waals surface area contributed by atoms with Crippen molar-refractivity contribution in [3.63, 3.8) is 0 Å². The highest BCUT2D eigenvalue weighted by atomic mass is 16.7. The summed E-state index contributed by atoms with van der Waals surface area (Å²) in [4.78, 5) is 41.0. The molecule has 0 bridgehead atoms. The fourth-order valence-corrected chi connectivity index (χ4v) is 3.43. The van der Waals surface area contributed by atoms with Gasteiger partial charge in [-0.1, -0.05) is 12.1 Å². The molecule has 0 amide bonds. The van der Waals surface area contributed by atoms with Gasteiger partial charge in [0.2, 0.25) is 0 Å². The number of H-pyrrole nitrogens is 1. The van der Waals surface area contributed by atoms with E-state index in [0.29, 0.717) is 12.1 Å². The zero-order valence-corrected chi connectivity index (χ0v) is 15.4. The Morgan fingerprint density at radius 3 is 2.39 bits per heavy atom. The first kappa shape index (κ1) is 19.2. The van der Waals surface area contributed by atoms with E-state index in [1.54, 1.807) is 0 Å². The molecular formula is C18H18N4O6. The van der Waals surface area contributed by atoms with Crippen LogP contribution in [0.3, 0.4) is 0 Å². The minimum absolute atomic E-state index is 0.303. The van der Waals surface area contributed by atoms with Crippen LogP contribution in [0.25, 0.3) is 0 Å². The van der Waals surface area contributed by atoms with E-state index in [4.69, 9.17) is 4.84 Å². The summed E-state index contributed by atoms with van der Waals surface area (Å²) in [6.45, 7) is 4.00. The minimum atomic E-state index is -0.989. The maximum absolute atomic E-state index is 12.3. The lowest BCUT2D eigenvalue weighted by Gasteiger charge is -2.14. The van der Waals surface area contributed by atoms with E-state index < -0.39 is 27.2 Å². The Bertz CT molecular complexity index is 975. The molecule has 10 nitrogen and oxygen atoms in total. The average Bonchev–Trinajstić information content (AvgIpc) is 3.00. The van der Waals surface area contributed by atoms with Crippen LogP contribution >= 0.6 is 0 Å². The number of carbonyl (C=O) groups excluding carboxylic acids is 1. The van der Waals surface area contributed by atoms with Crippen molar-refractivity contribution in [1.82, 2.24) is 4.98 Å². The van der Waals surface area contributed by atoms with Gasteiger partial charge in [-0.05, 0) is 38.2 Å². The van der Waals surface area contributed by atoms with Gasteiger partial charge < -0.3 is 9.82 Å². The number of fused-ring (bicyclic) bond motifs is 1. The van der Waals surface area contributed by atoms with Crippen LogP contribution in [0.5, 0.6) is 0 Å². The van der Waals surface area contributed by atoms with E-state index in [9.17, 15) is 25.0 Å². The molecule has 0 saturated heterocycles. The van der Waals surface area contributed by atoms with E-state index in [-0.39, 0.29) is 5.56 Å². The summed E-state index contributed by atoms with van der Waals surface area (Å²) in [6.07, 6.45) is 3.14. The third-order valence-corrected chi connectivity index (χ3v) is 4.68. The van der Waals surface area contributed by atoms with Gasteiger partial charge in [0.05, 0.1) is 27.2 Å². The smallest absolute Gasteiger partial charge is 0.362 e. The Hall–Kier alpha value is -3.56. The first-order valence-electron chi connectivity index (χ1n) is 8.74. The molecule has 28 heavy (non-hydrogen) atoms. The van der Waals surface area contributed by atoms with Crippen LogP contribution in [0.4, 0.5) is 11.4 Å². The molecule has 0 fully saturated rings. The Morgan fingerprint density at radius 2 is 1.82 bits per heavy atom. The number of oxime groups is 1. The first-order valence-corrected chi connectivity index (χ1v) is 8.74. The molecule has 146 valence electrons. The van der Waals surface area contributed by atoms with Crippen LogP contribution in [0.15, 0.2) is 23.4 Å². The van der Waals surface area contributed by atoms with Gasteiger partial charge in [-0.2, -0.15) is 0 Å². The Kier molecular flexibility index (Phi) is 5.21. The highest BCUT2D eigenvalue weighted by molar-refractivity contribution is 6.04. The van der Waals surface area contributed by atoms with Crippen molar-refractivity contribution < 1.29 is 19.5 Å². The second-order valence-corrected chi connectivity index (χ2v) is 6.46. The fraction of sp³-hybridized carbons (Fsp3) is 0.333. The highest BCUT2D eigenvalue weighted by Gasteiger charge is 2.24. The van der Waals surface area contributed by atoms with Crippen LogP contribution in [0, 0.1) is 27.2 Å². The van der Waals surface area contributed by atoms with Crippen molar-refractivity contribution in [2.75, 3.05) is 0 Å². The third-order valence-electron chi connectivity index (χ3n) is 4.68. The molecule has 0 spiro atoms. The molecule has 1 aromatic heterocycles. The second-order valence-electron chi connectivity index (χ2n) is 6.46. The lowest BCUT2D eigenvalue weighted by molar-refractivity contribution is -0.394. The molecule has 1 N–H and O–H groups in total. The van der Waals surface area contributed by atoms with Crippen molar-refractivity contribution in [2.24, 2.45) is 5.16 Å². The number of hydrogen-bond donors (Lipinski definition) is 1. The quantitative estimate of drug-likeness (QED) is 0.473. The predicted octanol–water partition coefficient (Wildman–Crippen LogP) is 3.60. The van der Waals surface area contributed by atoms with Crippen molar-refractivity contribution in [3.05, 3.63) is 66.5 Å². The number of benzene rings is 1. The molecule has 0 radical (unpaired) electrons. The number of nitrogens with one attached hydrogen (secondary N) is 1. The maximum Gasteiger partial charge on any atom is 0.366 e. The normalized spacial score (nSPS) is 14.6. The van der Waals surface area contributed by atoms with E-state index in [1.165, 1.54) is 0 Å². The standard InChI is InChI=1S/C18H18N4O6/c1-3-14-10(2)19-15-5-4-6-16(17(14)15)20-28-18(23)11-7-12(21(24)25)9-13(8-11)22(26)27/h7-9,19H,3-6H2,1-2H3/b20-16+. The molecule has 1 aliphatic carbocycles. The highest BCUT2D eigenvalue weighted by Crippen LogP contribution is 2.28.